The quantitative estimate of drug-likeness (QED) is 0.698. The van der Waals surface area contributed by atoms with Gasteiger partial charge < -0.3 is 4.74 Å². The lowest BCUT2D eigenvalue weighted by Crippen LogP contribution is -1.93. The Morgan fingerprint density at radius 2 is 1.81 bits per heavy atom. The summed E-state index contributed by atoms with van der Waals surface area (Å²) in [4.78, 5) is 8.81. The molecule has 0 saturated carbocycles. The van der Waals surface area contributed by atoms with Crippen molar-refractivity contribution in [1.29, 1.82) is 0 Å². The molecule has 1 aliphatic heterocycles. The third-order valence-corrected chi connectivity index (χ3v) is 2.48. The van der Waals surface area contributed by atoms with E-state index in [1.54, 1.807) is 12.2 Å². The van der Waals surface area contributed by atoms with Crippen molar-refractivity contribution in [2.75, 3.05) is 0 Å². The minimum Gasteiger partial charge on any atom is -0.445 e. The Morgan fingerprint density at radius 3 is 2.62 bits per heavy atom. The van der Waals surface area contributed by atoms with Gasteiger partial charge in [0, 0.05) is 5.03 Å². The molecule has 2 heterocycles. The summed E-state index contributed by atoms with van der Waals surface area (Å²) in [5, 5.41) is 0.573. The van der Waals surface area contributed by atoms with E-state index in [9.17, 15) is 0 Å². The molecule has 0 radical (unpaired) electrons. The van der Waals surface area contributed by atoms with Crippen LogP contribution in [0.15, 0.2) is 41.6 Å². The minimum atomic E-state index is 0.477. The van der Waals surface area contributed by atoms with Crippen LogP contribution in [0.3, 0.4) is 0 Å². The van der Waals surface area contributed by atoms with Gasteiger partial charge in [-0.2, -0.15) is 0 Å². The van der Waals surface area contributed by atoms with Crippen LogP contribution in [-0.4, -0.2) is 9.97 Å². The molecular formula is C12H7ClN2O. The van der Waals surface area contributed by atoms with Crippen molar-refractivity contribution in [3.05, 3.63) is 47.3 Å². The highest BCUT2D eigenvalue weighted by atomic mass is 35.5. The fourth-order valence-corrected chi connectivity index (χ4v) is 1.68. The van der Waals surface area contributed by atoms with Gasteiger partial charge in [-0.1, -0.05) is 23.7 Å². The number of hydrogen-bond donors (Lipinski definition) is 0. The van der Waals surface area contributed by atoms with Crippen molar-refractivity contribution >= 4 is 28.7 Å². The lowest BCUT2D eigenvalue weighted by Gasteiger charge is -2.03. The van der Waals surface area contributed by atoms with Crippen molar-refractivity contribution in [2.24, 2.45) is 0 Å². The van der Waals surface area contributed by atoms with Crippen molar-refractivity contribution in [1.82, 2.24) is 9.97 Å². The molecule has 1 aromatic carbocycles. The zero-order valence-corrected chi connectivity index (χ0v) is 8.98. The molecule has 0 saturated heterocycles. The number of allylic oxidation sites excluding steroid dienone is 2. The van der Waals surface area contributed by atoms with E-state index in [0.29, 0.717) is 16.6 Å². The first-order valence-corrected chi connectivity index (χ1v) is 5.18. The largest absolute Gasteiger partial charge is 0.445 e. The number of nitrogens with zero attached hydrogens (tertiary/aromatic N) is 2. The molecule has 0 bridgehead atoms. The Labute approximate surface area is 97.0 Å². The number of para-hydroxylation sites is 2. The van der Waals surface area contributed by atoms with Crippen LogP contribution in [0.2, 0.25) is 0 Å². The summed E-state index contributed by atoms with van der Waals surface area (Å²) in [6.07, 6.45) is 4.91. The van der Waals surface area contributed by atoms with Gasteiger partial charge in [0.05, 0.1) is 17.3 Å². The summed E-state index contributed by atoms with van der Waals surface area (Å²) < 4.78 is 5.34. The number of halogens is 1. The van der Waals surface area contributed by atoms with Crippen molar-refractivity contribution in [3.63, 3.8) is 0 Å². The first-order chi connectivity index (χ1) is 7.83. The first kappa shape index (κ1) is 9.36. The van der Waals surface area contributed by atoms with Crippen LogP contribution in [0, 0.1) is 0 Å². The fourth-order valence-electron chi connectivity index (χ4n) is 1.52. The van der Waals surface area contributed by atoms with Gasteiger partial charge in [-0.3, -0.25) is 0 Å². The molecule has 0 amide bonds. The van der Waals surface area contributed by atoms with E-state index >= 15 is 0 Å². The molecule has 2 aromatic rings. The molecule has 1 aromatic heterocycles. The van der Waals surface area contributed by atoms with Crippen LogP contribution in [0.25, 0.3) is 17.1 Å². The zero-order chi connectivity index (χ0) is 11.0. The Morgan fingerprint density at radius 1 is 1.06 bits per heavy atom. The standard InChI is InChI=1S/C12H7ClN2O/c13-8-5-6-16-12-11(7-8)14-9-3-1-2-4-10(9)15-12/h1-7H. The van der Waals surface area contributed by atoms with Gasteiger partial charge in [-0.05, 0) is 24.3 Å². The minimum absolute atomic E-state index is 0.477. The van der Waals surface area contributed by atoms with Gasteiger partial charge in [0.2, 0.25) is 5.88 Å². The normalized spacial score (nSPS) is 13.9. The van der Waals surface area contributed by atoms with Crippen molar-refractivity contribution in [3.8, 4) is 5.88 Å². The summed E-state index contributed by atoms with van der Waals surface area (Å²) in [5.41, 5.74) is 2.28. The molecule has 78 valence electrons. The highest BCUT2D eigenvalue weighted by molar-refractivity contribution is 6.33. The highest BCUT2D eigenvalue weighted by Gasteiger charge is 2.09. The molecule has 0 aliphatic carbocycles. The van der Waals surface area contributed by atoms with Crippen molar-refractivity contribution < 1.29 is 4.74 Å². The molecule has 4 heteroatoms. The van der Waals surface area contributed by atoms with Crippen LogP contribution in [0.5, 0.6) is 5.88 Å². The second-order valence-corrected chi connectivity index (χ2v) is 3.79. The Balaban J connectivity index is 2.30. The zero-order valence-electron chi connectivity index (χ0n) is 8.22. The number of fused-ring (bicyclic) bond motifs is 2. The van der Waals surface area contributed by atoms with Gasteiger partial charge in [-0.15, -0.1) is 0 Å². The lowest BCUT2D eigenvalue weighted by molar-refractivity contribution is 0.461. The van der Waals surface area contributed by atoms with E-state index in [2.05, 4.69) is 9.97 Å². The molecule has 0 spiro atoms. The predicted molar refractivity (Wildman–Crippen MR) is 63.1 cm³/mol. The Kier molecular flexibility index (Phi) is 2.11. The molecule has 3 nitrogen and oxygen atoms in total. The molecule has 3 rings (SSSR count). The second kappa shape index (κ2) is 3.61. The summed E-state index contributed by atoms with van der Waals surface area (Å²) in [7, 11) is 0. The maximum Gasteiger partial charge on any atom is 0.245 e. The summed E-state index contributed by atoms with van der Waals surface area (Å²) in [6.45, 7) is 0. The first-order valence-electron chi connectivity index (χ1n) is 4.80. The Bertz CT molecular complexity index is 619. The van der Waals surface area contributed by atoms with Crippen LogP contribution < -0.4 is 4.74 Å². The van der Waals surface area contributed by atoms with Crippen LogP contribution in [-0.2, 0) is 0 Å². The third kappa shape index (κ3) is 1.55. The average Bonchev–Trinajstić information content (AvgIpc) is 2.46. The Hall–Kier alpha value is -1.87. The van der Waals surface area contributed by atoms with Gasteiger partial charge in [0.15, 0.2) is 0 Å². The monoisotopic (exact) mass is 230 g/mol. The number of aromatic nitrogens is 2. The molecule has 16 heavy (non-hydrogen) atoms. The average molecular weight is 231 g/mol. The maximum atomic E-state index is 5.93. The number of rotatable bonds is 0. The van der Waals surface area contributed by atoms with Gasteiger partial charge in [-0.25, -0.2) is 9.97 Å². The van der Waals surface area contributed by atoms with Gasteiger partial charge in [0.25, 0.3) is 0 Å². The van der Waals surface area contributed by atoms with E-state index in [4.69, 9.17) is 16.3 Å². The second-order valence-electron chi connectivity index (χ2n) is 3.35. The van der Waals surface area contributed by atoms with E-state index in [0.717, 1.165) is 11.0 Å². The van der Waals surface area contributed by atoms with Gasteiger partial charge in [0.1, 0.15) is 5.69 Å². The maximum absolute atomic E-state index is 5.93. The predicted octanol–water partition coefficient (Wildman–Crippen LogP) is 3.12. The number of benzene rings is 1. The molecule has 0 atom stereocenters. The topological polar surface area (TPSA) is 35.0 Å². The molecule has 0 fully saturated rings. The molecule has 0 unspecified atom stereocenters. The van der Waals surface area contributed by atoms with E-state index < -0.39 is 0 Å². The fraction of sp³-hybridized carbons (Fsp3) is 0. The van der Waals surface area contributed by atoms with Crippen LogP contribution in [0.1, 0.15) is 5.69 Å². The van der Waals surface area contributed by atoms with E-state index in [-0.39, 0.29) is 0 Å². The summed E-state index contributed by atoms with van der Waals surface area (Å²) in [6, 6.07) is 7.64. The highest BCUT2D eigenvalue weighted by Crippen LogP contribution is 2.24. The van der Waals surface area contributed by atoms with Gasteiger partial charge >= 0.3 is 0 Å². The SMILES string of the molecule is ClC1=Cc2nc3ccccc3nc2OC=C1. The van der Waals surface area contributed by atoms with E-state index in [1.807, 2.05) is 24.3 Å². The van der Waals surface area contributed by atoms with Crippen LogP contribution in [0.4, 0.5) is 0 Å². The molecule has 0 N–H and O–H groups in total. The molecular weight excluding hydrogens is 224 g/mol. The molecule has 1 aliphatic rings. The van der Waals surface area contributed by atoms with Crippen LogP contribution >= 0.6 is 11.6 Å². The summed E-state index contributed by atoms with van der Waals surface area (Å²) in [5.74, 6) is 0.477. The smallest absolute Gasteiger partial charge is 0.245 e. The number of hydrogen-bond acceptors (Lipinski definition) is 3. The number of ether oxygens (including phenoxy) is 1. The summed E-state index contributed by atoms with van der Waals surface area (Å²) >= 11 is 5.93. The van der Waals surface area contributed by atoms with E-state index in [1.165, 1.54) is 6.26 Å². The van der Waals surface area contributed by atoms with Crippen molar-refractivity contribution in [2.45, 2.75) is 0 Å². The lowest BCUT2D eigenvalue weighted by atomic mass is 10.3. The third-order valence-electron chi connectivity index (χ3n) is 2.25.